The number of hydrogen-bond donors (Lipinski definition) is 2. The molecular weight excluding hydrogens is 352 g/mol. The lowest BCUT2D eigenvalue weighted by atomic mass is 10.1. The molecule has 2 rings (SSSR count). The normalized spacial score (nSPS) is 15.5. The van der Waals surface area contributed by atoms with Gasteiger partial charge in [-0.1, -0.05) is 15.9 Å². The zero-order valence-electron chi connectivity index (χ0n) is 12.2. The summed E-state index contributed by atoms with van der Waals surface area (Å²) >= 11 is 3.17. The number of amides is 1. The maximum absolute atomic E-state index is 12.1. The van der Waals surface area contributed by atoms with Crippen molar-refractivity contribution in [2.45, 2.75) is 6.42 Å². The van der Waals surface area contributed by atoms with E-state index >= 15 is 0 Å². The van der Waals surface area contributed by atoms with Crippen molar-refractivity contribution in [2.75, 3.05) is 39.3 Å². The number of carbonyl (C=O) groups is 1. The fourth-order valence-corrected chi connectivity index (χ4v) is 2.73. The van der Waals surface area contributed by atoms with Gasteiger partial charge in [-0.05, 0) is 25.1 Å². The van der Waals surface area contributed by atoms with Crippen molar-refractivity contribution in [3.8, 4) is 0 Å². The summed E-state index contributed by atoms with van der Waals surface area (Å²) in [4.78, 5) is 24.9. The number of nitro groups is 1. The van der Waals surface area contributed by atoms with E-state index in [0.29, 0.717) is 11.0 Å². The van der Waals surface area contributed by atoms with Crippen molar-refractivity contribution in [3.05, 3.63) is 38.3 Å². The average Bonchev–Trinajstić information content (AvgIpc) is 2.52. The molecule has 2 N–H and O–H groups in total. The Kier molecular flexibility index (Phi) is 6.29. The van der Waals surface area contributed by atoms with Gasteiger partial charge in [0.25, 0.3) is 11.6 Å². The molecule has 1 aromatic rings. The molecule has 1 saturated heterocycles. The van der Waals surface area contributed by atoms with Crippen LogP contribution in [-0.2, 0) is 0 Å². The Balaban J connectivity index is 1.83. The van der Waals surface area contributed by atoms with E-state index in [1.807, 2.05) is 0 Å². The molecule has 1 aliphatic heterocycles. The van der Waals surface area contributed by atoms with E-state index < -0.39 is 10.8 Å². The fraction of sp³-hybridized carbons (Fsp3) is 0.500. The van der Waals surface area contributed by atoms with Crippen LogP contribution >= 0.6 is 15.9 Å². The number of nitro benzene ring substituents is 1. The summed E-state index contributed by atoms with van der Waals surface area (Å²) in [6, 6.07) is 4.44. The first-order chi connectivity index (χ1) is 10.6. The lowest BCUT2D eigenvalue weighted by Gasteiger charge is -2.27. The van der Waals surface area contributed by atoms with Gasteiger partial charge in [-0.25, -0.2) is 0 Å². The smallest absolute Gasteiger partial charge is 0.283 e. The summed E-state index contributed by atoms with van der Waals surface area (Å²) in [5.41, 5.74) is -0.0932. The molecule has 0 unspecified atom stereocenters. The van der Waals surface area contributed by atoms with Crippen LogP contribution in [0.4, 0.5) is 5.69 Å². The van der Waals surface area contributed by atoms with Gasteiger partial charge < -0.3 is 15.5 Å². The van der Waals surface area contributed by atoms with E-state index in [1.54, 1.807) is 6.07 Å². The molecule has 0 spiro atoms. The van der Waals surface area contributed by atoms with Gasteiger partial charge in [-0.2, -0.15) is 0 Å². The van der Waals surface area contributed by atoms with Crippen LogP contribution in [0.5, 0.6) is 0 Å². The summed E-state index contributed by atoms with van der Waals surface area (Å²) in [7, 11) is 0. The molecular formula is C14H19BrN4O3. The van der Waals surface area contributed by atoms with Gasteiger partial charge in [0, 0.05) is 43.3 Å². The van der Waals surface area contributed by atoms with Crippen LogP contribution in [0.25, 0.3) is 0 Å². The summed E-state index contributed by atoms with van der Waals surface area (Å²) in [5, 5.41) is 17.0. The molecule has 1 fully saturated rings. The van der Waals surface area contributed by atoms with Crippen molar-refractivity contribution in [3.63, 3.8) is 0 Å². The SMILES string of the molecule is O=C(NCCCN1CCNCC1)c1ccc(Br)cc1[N+](=O)[O-]. The quantitative estimate of drug-likeness (QED) is 0.448. The van der Waals surface area contributed by atoms with Gasteiger partial charge in [-0.3, -0.25) is 14.9 Å². The van der Waals surface area contributed by atoms with Crippen molar-refractivity contribution in [2.24, 2.45) is 0 Å². The lowest BCUT2D eigenvalue weighted by molar-refractivity contribution is -0.385. The van der Waals surface area contributed by atoms with E-state index in [9.17, 15) is 14.9 Å². The van der Waals surface area contributed by atoms with Gasteiger partial charge >= 0.3 is 0 Å². The first-order valence-corrected chi connectivity index (χ1v) is 8.02. The monoisotopic (exact) mass is 370 g/mol. The van der Waals surface area contributed by atoms with Crippen LogP contribution in [0.15, 0.2) is 22.7 Å². The first kappa shape index (κ1) is 16.9. The number of halogens is 1. The molecule has 0 aliphatic carbocycles. The fourth-order valence-electron chi connectivity index (χ4n) is 2.38. The Morgan fingerprint density at radius 3 is 2.82 bits per heavy atom. The molecule has 7 nitrogen and oxygen atoms in total. The highest BCUT2D eigenvalue weighted by Gasteiger charge is 2.20. The molecule has 22 heavy (non-hydrogen) atoms. The van der Waals surface area contributed by atoms with E-state index in [-0.39, 0.29) is 11.3 Å². The molecule has 0 saturated carbocycles. The van der Waals surface area contributed by atoms with Gasteiger partial charge in [0.05, 0.1) is 4.92 Å². The van der Waals surface area contributed by atoms with Gasteiger partial charge in [0.1, 0.15) is 5.56 Å². The van der Waals surface area contributed by atoms with Gasteiger partial charge in [0.2, 0.25) is 0 Å². The molecule has 0 radical (unpaired) electrons. The van der Waals surface area contributed by atoms with Crippen LogP contribution in [0.2, 0.25) is 0 Å². The molecule has 1 amide bonds. The van der Waals surface area contributed by atoms with Crippen LogP contribution in [0.1, 0.15) is 16.8 Å². The predicted molar refractivity (Wildman–Crippen MR) is 87.1 cm³/mol. The van der Waals surface area contributed by atoms with Crippen LogP contribution in [-0.4, -0.2) is 55.0 Å². The van der Waals surface area contributed by atoms with Crippen LogP contribution in [0, 0.1) is 10.1 Å². The zero-order chi connectivity index (χ0) is 15.9. The molecule has 8 heteroatoms. The molecule has 0 atom stereocenters. The highest BCUT2D eigenvalue weighted by molar-refractivity contribution is 9.10. The summed E-state index contributed by atoms with van der Waals surface area (Å²) in [5.74, 6) is -0.403. The van der Waals surface area contributed by atoms with Crippen molar-refractivity contribution in [1.29, 1.82) is 0 Å². The average molecular weight is 371 g/mol. The second-order valence-electron chi connectivity index (χ2n) is 5.12. The molecule has 1 aliphatic rings. The first-order valence-electron chi connectivity index (χ1n) is 7.23. The maximum atomic E-state index is 12.1. The highest BCUT2D eigenvalue weighted by Crippen LogP contribution is 2.23. The number of nitrogens with one attached hydrogen (secondary N) is 2. The summed E-state index contributed by atoms with van der Waals surface area (Å²) in [6.45, 7) is 5.47. The Bertz CT molecular complexity index is 547. The van der Waals surface area contributed by atoms with Gasteiger partial charge in [0.15, 0.2) is 0 Å². The van der Waals surface area contributed by atoms with Crippen molar-refractivity contribution < 1.29 is 9.72 Å². The number of hydrogen-bond acceptors (Lipinski definition) is 5. The molecule has 1 aromatic carbocycles. The number of rotatable bonds is 6. The summed E-state index contributed by atoms with van der Waals surface area (Å²) < 4.78 is 0.578. The number of nitrogens with zero attached hydrogens (tertiary/aromatic N) is 2. The highest BCUT2D eigenvalue weighted by atomic mass is 79.9. The predicted octanol–water partition coefficient (Wildman–Crippen LogP) is 1.38. The van der Waals surface area contributed by atoms with E-state index in [0.717, 1.165) is 39.1 Å². The third-order valence-electron chi connectivity index (χ3n) is 3.55. The molecule has 1 heterocycles. The molecule has 0 aromatic heterocycles. The van der Waals surface area contributed by atoms with Crippen molar-refractivity contribution in [1.82, 2.24) is 15.5 Å². The Labute approximate surface area is 137 Å². The molecule has 0 bridgehead atoms. The number of carbonyl (C=O) groups excluding carboxylic acids is 1. The van der Waals surface area contributed by atoms with Gasteiger partial charge in [-0.15, -0.1) is 0 Å². The lowest BCUT2D eigenvalue weighted by Crippen LogP contribution is -2.44. The van der Waals surface area contributed by atoms with Crippen LogP contribution in [0.3, 0.4) is 0 Å². The zero-order valence-corrected chi connectivity index (χ0v) is 13.8. The second-order valence-corrected chi connectivity index (χ2v) is 6.04. The van der Waals surface area contributed by atoms with E-state index in [2.05, 4.69) is 31.5 Å². The second kappa shape index (κ2) is 8.21. The minimum absolute atomic E-state index is 0.0929. The topological polar surface area (TPSA) is 87.5 Å². The minimum Gasteiger partial charge on any atom is -0.352 e. The Morgan fingerprint density at radius 2 is 2.14 bits per heavy atom. The third kappa shape index (κ3) is 4.75. The summed E-state index contributed by atoms with van der Waals surface area (Å²) in [6.07, 6.45) is 0.829. The standard InChI is InChI=1S/C14H19BrN4O3/c15-11-2-3-12(13(10-11)19(21)22)14(20)17-4-1-7-18-8-5-16-6-9-18/h2-3,10,16H,1,4-9H2,(H,17,20). The Morgan fingerprint density at radius 1 is 1.41 bits per heavy atom. The van der Waals surface area contributed by atoms with E-state index in [4.69, 9.17) is 0 Å². The number of benzene rings is 1. The maximum Gasteiger partial charge on any atom is 0.283 e. The minimum atomic E-state index is -0.541. The van der Waals surface area contributed by atoms with E-state index in [1.165, 1.54) is 12.1 Å². The van der Waals surface area contributed by atoms with Crippen LogP contribution < -0.4 is 10.6 Å². The number of piperazine rings is 1. The largest absolute Gasteiger partial charge is 0.352 e. The third-order valence-corrected chi connectivity index (χ3v) is 4.04. The molecule has 120 valence electrons. The Hall–Kier alpha value is -1.51. The van der Waals surface area contributed by atoms with Crippen molar-refractivity contribution >= 4 is 27.5 Å².